The molecule has 0 saturated carbocycles. The number of para-hydroxylation sites is 1. The van der Waals surface area contributed by atoms with Crippen LogP contribution < -0.4 is 0 Å². The monoisotopic (exact) mass is 271 g/mol. The van der Waals surface area contributed by atoms with Crippen molar-refractivity contribution < 1.29 is 14.8 Å². The number of phenols is 1. The molecule has 102 valence electrons. The normalized spacial score (nSPS) is 10.2. The smallest absolute Gasteiger partial charge is 0.272 e. The van der Waals surface area contributed by atoms with Crippen molar-refractivity contribution >= 4 is 11.5 Å². The van der Waals surface area contributed by atoms with Crippen LogP contribution in [0.2, 0.25) is 0 Å². The highest BCUT2D eigenvalue weighted by Gasteiger charge is 2.14. The van der Waals surface area contributed by atoms with Gasteiger partial charge in [-0.1, -0.05) is 18.2 Å². The number of ketones is 1. The molecule has 0 saturated heterocycles. The van der Waals surface area contributed by atoms with Crippen molar-refractivity contribution in [3.63, 3.8) is 0 Å². The number of nitrogens with zero attached hydrogens (tertiary/aromatic N) is 1. The fourth-order valence-corrected chi connectivity index (χ4v) is 2.02. The van der Waals surface area contributed by atoms with E-state index in [0.717, 1.165) is 0 Å². The first-order chi connectivity index (χ1) is 9.49. The van der Waals surface area contributed by atoms with Crippen molar-refractivity contribution in [3.05, 3.63) is 69.3 Å². The Balaban J connectivity index is 2.23. The molecule has 0 aromatic heterocycles. The highest BCUT2D eigenvalue weighted by atomic mass is 16.6. The molecule has 0 radical (unpaired) electrons. The van der Waals surface area contributed by atoms with Crippen molar-refractivity contribution in [2.24, 2.45) is 0 Å². The molecule has 5 heteroatoms. The van der Waals surface area contributed by atoms with E-state index in [1.165, 1.54) is 12.1 Å². The van der Waals surface area contributed by atoms with Crippen LogP contribution in [0.15, 0.2) is 42.5 Å². The lowest BCUT2D eigenvalue weighted by molar-refractivity contribution is -0.385. The van der Waals surface area contributed by atoms with E-state index in [1.54, 1.807) is 37.3 Å². The number of carbonyl (C=O) groups is 1. The molecular formula is C15H13NO4. The van der Waals surface area contributed by atoms with Crippen LogP contribution >= 0.6 is 0 Å². The van der Waals surface area contributed by atoms with Gasteiger partial charge in [-0.25, -0.2) is 0 Å². The maximum Gasteiger partial charge on any atom is 0.272 e. The van der Waals surface area contributed by atoms with Gasteiger partial charge in [0, 0.05) is 18.1 Å². The van der Waals surface area contributed by atoms with Gasteiger partial charge in [0.05, 0.1) is 10.5 Å². The van der Waals surface area contributed by atoms with Crippen LogP contribution in [0.3, 0.4) is 0 Å². The SMILES string of the molecule is Cc1cc(CC(=O)c2ccccc2O)ccc1[N+](=O)[O-]. The fourth-order valence-electron chi connectivity index (χ4n) is 2.02. The lowest BCUT2D eigenvalue weighted by Crippen LogP contribution is -2.04. The first-order valence-corrected chi connectivity index (χ1v) is 6.04. The van der Waals surface area contributed by atoms with Crippen molar-refractivity contribution in [1.29, 1.82) is 0 Å². The number of aryl methyl sites for hydroxylation is 1. The summed E-state index contributed by atoms with van der Waals surface area (Å²) in [6, 6.07) is 10.9. The molecule has 0 unspecified atom stereocenters. The van der Waals surface area contributed by atoms with E-state index < -0.39 is 4.92 Å². The molecule has 0 aliphatic carbocycles. The summed E-state index contributed by atoms with van der Waals surface area (Å²) >= 11 is 0. The Morgan fingerprint density at radius 2 is 1.95 bits per heavy atom. The fraction of sp³-hybridized carbons (Fsp3) is 0.133. The molecule has 2 rings (SSSR count). The largest absolute Gasteiger partial charge is 0.507 e. The maximum atomic E-state index is 12.1. The van der Waals surface area contributed by atoms with Crippen LogP contribution in [0.1, 0.15) is 21.5 Å². The molecule has 5 nitrogen and oxygen atoms in total. The minimum atomic E-state index is -0.454. The number of aromatic hydroxyl groups is 1. The summed E-state index contributed by atoms with van der Waals surface area (Å²) in [5.74, 6) is -0.285. The van der Waals surface area contributed by atoms with Crippen molar-refractivity contribution in [2.75, 3.05) is 0 Å². The minimum absolute atomic E-state index is 0.0313. The average molecular weight is 271 g/mol. The highest BCUT2D eigenvalue weighted by Crippen LogP contribution is 2.22. The Labute approximate surface area is 115 Å². The van der Waals surface area contributed by atoms with Crippen LogP contribution in [0.5, 0.6) is 5.75 Å². The number of nitro groups is 1. The zero-order valence-electron chi connectivity index (χ0n) is 10.9. The quantitative estimate of drug-likeness (QED) is 0.526. The van der Waals surface area contributed by atoms with Crippen LogP contribution in [-0.2, 0) is 6.42 Å². The predicted octanol–water partition coefficient (Wildman–Crippen LogP) is 3.03. The third-order valence-corrected chi connectivity index (χ3v) is 3.03. The topological polar surface area (TPSA) is 80.4 Å². The van der Waals surface area contributed by atoms with Gasteiger partial charge in [0.25, 0.3) is 5.69 Å². The highest BCUT2D eigenvalue weighted by molar-refractivity contribution is 5.99. The number of hydrogen-bond donors (Lipinski definition) is 1. The Kier molecular flexibility index (Phi) is 3.79. The van der Waals surface area contributed by atoms with E-state index in [-0.39, 0.29) is 29.2 Å². The van der Waals surface area contributed by atoms with E-state index >= 15 is 0 Å². The second kappa shape index (κ2) is 5.52. The molecule has 0 aliphatic rings. The summed E-state index contributed by atoms with van der Waals surface area (Å²) in [6.45, 7) is 1.63. The number of hydrogen-bond acceptors (Lipinski definition) is 4. The average Bonchev–Trinajstić information content (AvgIpc) is 2.38. The Morgan fingerprint density at radius 1 is 1.25 bits per heavy atom. The molecule has 1 N–H and O–H groups in total. The maximum absolute atomic E-state index is 12.1. The molecular weight excluding hydrogens is 258 g/mol. The van der Waals surface area contributed by atoms with Gasteiger partial charge in [-0.05, 0) is 30.7 Å². The second-order valence-corrected chi connectivity index (χ2v) is 4.50. The van der Waals surface area contributed by atoms with Gasteiger partial charge in [-0.2, -0.15) is 0 Å². The third-order valence-electron chi connectivity index (χ3n) is 3.03. The van der Waals surface area contributed by atoms with E-state index in [1.807, 2.05) is 0 Å². The molecule has 0 fully saturated rings. The first-order valence-electron chi connectivity index (χ1n) is 6.04. The van der Waals surface area contributed by atoms with Crippen LogP contribution in [0.4, 0.5) is 5.69 Å². The number of benzene rings is 2. The molecule has 0 atom stereocenters. The molecule has 2 aromatic carbocycles. The zero-order chi connectivity index (χ0) is 14.7. The molecule has 0 spiro atoms. The second-order valence-electron chi connectivity index (χ2n) is 4.50. The Bertz CT molecular complexity index is 679. The van der Waals surface area contributed by atoms with Gasteiger partial charge >= 0.3 is 0 Å². The number of Topliss-reactive ketones (excluding diaryl/α,β-unsaturated/α-hetero) is 1. The van der Waals surface area contributed by atoms with Crippen LogP contribution in [0, 0.1) is 17.0 Å². The van der Waals surface area contributed by atoms with Gasteiger partial charge in [0.2, 0.25) is 0 Å². The van der Waals surface area contributed by atoms with Crippen molar-refractivity contribution in [3.8, 4) is 5.75 Å². The number of carbonyl (C=O) groups excluding carboxylic acids is 1. The van der Waals surface area contributed by atoms with Gasteiger partial charge < -0.3 is 5.11 Å². The lowest BCUT2D eigenvalue weighted by atomic mass is 10.0. The van der Waals surface area contributed by atoms with E-state index in [4.69, 9.17) is 0 Å². The minimum Gasteiger partial charge on any atom is -0.507 e. The molecule has 0 heterocycles. The predicted molar refractivity (Wildman–Crippen MR) is 74.0 cm³/mol. The summed E-state index contributed by atoms with van der Waals surface area (Å²) in [7, 11) is 0. The summed E-state index contributed by atoms with van der Waals surface area (Å²) in [5, 5.41) is 20.3. The van der Waals surface area contributed by atoms with Crippen molar-refractivity contribution in [1.82, 2.24) is 0 Å². The Hall–Kier alpha value is -2.69. The van der Waals surface area contributed by atoms with Crippen LogP contribution in [-0.4, -0.2) is 15.8 Å². The molecule has 20 heavy (non-hydrogen) atoms. The summed E-state index contributed by atoms with van der Waals surface area (Å²) in [4.78, 5) is 22.3. The first kappa shape index (κ1) is 13.7. The summed E-state index contributed by atoms with van der Waals surface area (Å²) in [6.07, 6.45) is 0.0937. The van der Waals surface area contributed by atoms with E-state index in [2.05, 4.69) is 0 Å². The molecule has 2 aromatic rings. The third kappa shape index (κ3) is 2.83. The summed E-state index contributed by atoms with van der Waals surface area (Å²) in [5.41, 5.74) is 1.48. The van der Waals surface area contributed by atoms with Gasteiger partial charge in [-0.3, -0.25) is 14.9 Å². The zero-order valence-corrected chi connectivity index (χ0v) is 10.9. The number of rotatable bonds is 4. The van der Waals surface area contributed by atoms with E-state index in [0.29, 0.717) is 11.1 Å². The van der Waals surface area contributed by atoms with Crippen LogP contribution in [0.25, 0.3) is 0 Å². The van der Waals surface area contributed by atoms with Gasteiger partial charge in [0.1, 0.15) is 5.75 Å². The summed E-state index contributed by atoms with van der Waals surface area (Å²) < 4.78 is 0. The van der Waals surface area contributed by atoms with E-state index in [9.17, 15) is 20.0 Å². The molecule has 0 amide bonds. The number of nitro benzene ring substituents is 1. The molecule has 0 bridgehead atoms. The van der Waals surface area contributed by atoms with Gasteiger partial charge in [-0.15, -0.1) is 0 Å². The number of phenolic OH excluding ortho intramolecular Hbond substituents is 1. The lowest BCUT2D eigenvalue weighted by Gasteiger charge is -2.05. The standard InChI is InChI=1S/C15H13NO4/c1-10-8-11(6-7-13(10)16(19)20)9-15(18)12-4-2-3-5-14(12)17/h2-8,17H,9H2,1H3. The Morgan fingerprint density at radius 3 is 2.55 bits per heavy atom. The van der Waals surface area contributed by atoms with Gasteiger partial charge in [0.15, 0.2) is 5.78 Å². The van der Waals surface area contributed by atoms with Crippen molar-refractivity contribution in [2.45, 2.75) is 13.3 Å². The molecule has 0 aliphatic heterocycles.